The number of carbonyl (C=O) groups is 2. The molecule has 0 aromatic heterocycles. The third-order valence-electron chi connectivity index (χ3n) is 6.55. The summed E-state index contributed by atoms with van der Waals surface area (Å²) in [5, 5.41) is 11.4. The molecule has 0 bridgehead atoms. The van der Waals surface area contributed by atoms with E-state index in [-0.39, 0.29) is 11.3 Å². The molecule has 2 aromatic rings. The van der Waals surface area contributed by atoms with Gasteiger partial charge in [0, 0.05) is 31.7 Å². The van der Waals surface area contributed by atoms with E-state index in [0.717, 1.165) is 24.2 Å². The van der Waals surface area contributed by atoms with Gasteiger partial charge in [0.25, 0.3) is 11.7 Å². The zero-order valence-corrected chi connectivity index (χ0v) is 20.7. The molecule has 8 heteroatoms. The number of Topliss-reactive ketones (excluding diaryl/α,β-unsaturated/α-hetero) is 1. The van der Waals surface area contributed by atoms with Gasteiger partial charge in [0.15, 0.2) is 0 Å². The molecule has 1 unspecified atom stereocenters. The van der Waals surface area contributed by atoms with Gasteiger partial charge in [0.05, 0.1) is 31.9 Å². The lowest BCUT2D eigenvalue weighted by Gasteiger charge is -2.31. The highest BCUT2D eigenvalue weighted by Gasteiger charge is 2.46. The molecule has 2 aliphatic heterocycles. The number of aliphatic hydroxyl groups is 1. The molecule has 2 heterocycles. The van der Waals surface area contributed by atoms with Gasteiger partial charge in [-0.25, -0.2) is 0 Å². The van der Waals surface area contributed by atoms with Crippen molar-refractivity contribution >= 4 is 17.4 Å². The number of benzene rings is 2. The summed E-state index contributed by atoms with van der Waals surface area (Å²) in [7, 11) is 1.58. The van der Waals surface area contributed by atoms with Crippen LogP contribution in [0.1, 0.15) is 22.7 Å². The molecule has 4 rings (SSSR count). The van der Waals surface area contributed by atoms with E-state index in [0.29, 0.717) is 50.0 Å². The number of likely N-dealkylation sites (tertiary alicyclic amines) is 1. The Kier molecular flexibility index (Phi) is 8.07. The van der Waals surface area contributed by atoms with Crippen LogP contribution in [0.4, 0.5) is 0 Å². The van der Waals surface area contributed by atoms with Crippen LogP contribution < -0.4 is 9.47 Å². The van der Waals surface area contributed by atoms with Crippen molar-refractivity contribution in [3.63, 3.8) is 0 Å². The Morgan fingerprint density at radius 3 is 2.44 bits per heavy atom. The average Bonchev–Trinajstić information content (AvgIpc) is 3.16. The number of rotatable bonds is 9. The fraction of sp³-hybridized carbons (Fsp3) is 0.357. The summed E-state index contributed by atoms with van der Waals surface area (Å²) in [5.74, 6) is -0.219. The topological polar surface area (TPSA) is 88.5 Å². The van der Waals surface area contributed by atoms with Gasteiger partial charge in [-0.1, -0.05) is 24.8 Å². The molecule has 36 heavy (non-hydrogen) atoms. The maximum Gasteiger partial charge on any atom is 0.295 e. The van der Waals surface area contributed by atoms with Crippen LogP contribution in [0.15, 0.2) is 60.7 Å². The summed E-state index contributed by atoms with van der Waals surface area (Å²) in [5.41, 5.74) is 2.00. The fourth-order valence-electron chi connectivity index (χ4n) is 4.61. The summed E-state index contributed by atoms with van der Waals surface area (Å²) in [4.78, 5) is 30.3. The molecule has 2 saturated heterocycles. The van der Waals surface area contributed by atoms with Gasteiger partial charge >= 0.3 is 0 Å². The molecule has 1 amide bonds. The molecule has 0 radical (unpaired) electrons. The molecule has 2 aromatic carbocycles. The number of aryl methyl sites for hydroxylation is 1. The monoisotopic (exact) mass is 492 g/mol. The molecule has 0 spiro atoms. The molecular formula is C28H32N2O6. The van der Waals surface area contributed by atoms with E-state index >= 15 is 0 Å². The Morgan fingerprint density at radius 2 is 1.81 bits per heavy atom. The van der Waals surface area contributed by atoms with Crippen molar-refractivity contribution in [2.45, 2.75) is 13.0 Å². The highest BCUT2D eigenvalue weighted by molar-refractivity contribution is 6.46. The van der Waals surface area contributed by atoms with Gasteiger partial charge in [-0.3, -0.25) is 14.5 Å². The first-order valence-electron chi connectivity index (χ1n) is 12.0. The van der Waals surface area contributed by atoms with E-state index in [9.17, 15) is 14.7 Å². The predicted molar refractivity (Wildman–Crippen MR) is 136 cm³/mol. The number of aliphatic hydroxyl groups excluding tert-OH is 1. The number of nitrogens with zero attached hydrogens (tertiary/aromatic N) is 2. The highest BCUT2D eigenvalue weighted by atomic mass is 16.5. The maximum absolute atomic E-state index is 13.3. The number of amides is 1. The normalized spacial score (nSPS) is 19.9. The largest absolute Gasteiger partial charge is 0.507 e. The zero-order valence-electron chi connectivity index (χ0n) is 20.7. The first kappa shape index (κ1) is 25.5. The number of carbonyl (C=O) groups excluding carboxylic acids is 2. The van der Waals surface area contributed by atoms with E-state index in [2.05, 4.69) is 11.5 Å². The van der Waals surface area contributed by atoms with Crippen LogP contribution in [0.5, 0.6) is 11.5 Å². The van der Waals surface area contributed by atoms with Crippen molar-refractivity contribution in [3.8, 4) is 11.5 Å². The van der Waals surface area contributed by atoms with E-state index in [1.165, 1.54) is 0 Å². The second kappa shape index (κ2) is 11.4. The summed E-state index contributed by atoms with van der Waals surface area (Å²) < 4.78 is 16.3. The van der Waals surface area contributed by atoms with E-state index in [1.54, 1.807) is 48.4 Å². The van der Waals surface area contributed by atoms with Crippen molar-refractivity contribution in [1.82, 2.24) is 9.80 Å². The SMILES string of the molecule is C=CCOc1ccc(/C(O)=C2\C(=O)C(=O)N(CCN3CCOCC3)C2c2ccc(OC)cc2)c(C)c1. The Labute approximate surface area is 211 Å². The van der Waals surface area contributed by atoms with Crippen LogP contribution in [0, 0.1) is 6.92 Å². The summed E-state index contributed by atoms with van der Waals surface area (Å²) in [6.45, 7) is 9.63. The standard InChI is InChI=1S/C28H32N2O6/c1-4-15-36-22-9-10-23(19(2)18-22)26(31)24-25(20-5-7-21(34-3)8-6-20)30(28(33)27(24)32)12-11-29-13-16-35-17-14-29/h4-10,18,25,31H,1,11-17H2,2-3H3/b26-24+. The molecule has 190 valence electrons. The lowest BCUT2D eigenvalue weighted by Crippen LogP contribution is -2.42. The lowest BCUT2D eigenvalue weighted by molar-refractivity contribution is -0.140. The van der Waals surface area contributed by atoms with Crippen molar-refractivity contribution < 1.29 is 28.9 Å². The van der Waals surface area contributed by atoms with Crippen LogP contribution >= 0.6 is 0 Å². The molecule has 1 atom stereocenters. The molecule has 8 nitrogen and oxygen atoms in total. The number of hydrogen-bond acceptors (Lipinski definition) is 7. The Morgan fingerprint density at radius 1 is 1.11 bits per heavy atom. The predicted octanol–water partition coefficient (Wildman–Crippen LogP) is 3.32. The minimum absolute atomic E-state index is 0.0787. The average molecular weight is 493 g/mol. The number of morpholine rings is 1. The van der Waals surface area contributed by atoms with Crippen LogP contribution in [-0.4, -0.2) is 79.7 Å². The van der Waals surface area contributed by atoms with Gasteiger partial charge in [-0.05, 0) is 48.4 Å². The minimum atomic E-state index is -0.715. The van der Waals surface area contributed by atoms with E-state index in [4.69, 9.17) is 14.2 Å². The highest BCUT2D eigenvalue weighted by Crippen LogP contribution is 2.40. The number of hydrogen-bond donors (Lipinski definition) is 1. The second-order valence-electron chi connectivity index (χ2n) is 8.80. The molecule has 2 fully saturated rings. The van der Waals surface area contributed by atoms with Crippen LogP contribution in [-0.2, 0) is 14.3 Å². The number of ketones is 1. The quantitative estimate of drug-likeness (QED) is 0.249. The zero-order chi connectivity index (χ0) is 25.7. The first-order chi connectivity index (χ1) is 17.4. The van der Waals surface area contributed by atoms with Gasteiger partial charge in [0.2, 0.25) is 0 Å². The number of methoxy groups -OCH3 is 1. The molecule has 2 aliphatic rings. The van der Waals surface area contributed by atoms with Crippen molar-refractivity contribution in [2.75, 3.05) is 53.1 Å². The van der Waals surface area contributed by atoms with E-state index < -0.39 is 17.7 Å². The second-order valence-corrected chi connectivity index (χ2v) is 8.80. The Balaban J connectivity index is 1.73. The van der Waals surface area contributed by atoms with Gasteiger partial charge in [-0.15, -0.1) is 0 Å². The summed E-state index contributed by atoms with van der Waals surface area (Å²) in [6, 6.07) is 11.7. The number of ether oxygens (including phenoxy) is 3. The summed E-state index contributed by atoms with van der Waals surface area (Å²) >= 11 is 0. The fourth-order valence-corrected chi connectivity index (χ4v) is 4.61. The van der Waals surface area contributed by atoms with Gasteiger partial charge in [-0.2, -0.15) is 0 Å². The van der Waals surface area contributed by atoms with Crippen molar-refractivity contribution in [2.24, 2.45) is 0 Å². The third kappa shape index (κ3) is 5.29. The van der Waals surface area contributed by atoms with Crippen LogP contribution in [0.3, 0.4) is 0 Å². The molecular weight excluding hydrogens is 460 g/mol. The smallest absolute Gasteiger partial charge is 0.295 e. The first-order valence-corrected chi connectivity index (χ1v) is 12.0. The summed E-state index contributed by atoms with van der Waals surface area (Å²) in [6.07, 6.45) is 1.65. The molecule has 0 aliphatic carbocycles. The third-order valence-corrected chi connectivity index (χ3v) is 6.55. The Hall–Kier alpha value is -3.62. The molecule has 1 N–H and O–H groups in total. The Bertz CT molecular complexity index is 1150. The van der Waals surface area contributed by atoms with Crippen LogP contribution in [0.25, 0.3) is 5.76 Å². The van der Waals surface area contributed by atoms with Gasteiger partial charge in [0.1, 0.15) is 23.9 Å². The van der Waals surface area contributed by atoms with Gasteiger partial charge < -0.3 is 24.2 Å². The molecule has 0 saturated carbocycles. The maximum atomic E-state index is 13.3. The van der Waals surface area contributed by atoms with E-state index in [1.807, 2.05) is 19.1 Å². The minimum Gasteiger partial charge on any atom is -0.507 e. The van der Waals surface area contributed by atoms with Crippen molar-refractivity contribution in [1.29, 1.82) is 0 Å². The van der Waals surface area contributed by atoms with Crippen LogP contribution in [0.2, 0.25) is 0 Å². The van der Waals surface area contributed by atoms with Crippen molar-refractivity contribution in [3.05, 3.63) is 77.4 Å². The lowest BCUT2D eigenvalue weighted by atomic mass is 9.94.